The number of carbonyl (C=O) groups is 3. The Kier molecular flexibility index (Phi) is 58.5. The molecule has 0 fully saturated rings. The number of carbonyl (C=O) groups excluding carboxylic acids is 3. The molecular formula is C64H73Cl4F7K2N3NaO9S3. The number of amides is 2. The molecule has 6 rings (SSSR count). The van der Waals surface area contributed by atoms with Gasteiger partial charge in [0.15, 0.2) is 0 Å². The molecule has 0 radical (unpaired) electrons. The summed E-state index contributed by atoms with van der Waals surface area (Å²) >= 11 is 32.3. The van der Waals surface area contributed by atoms with E-state index < -0.39 is 31.3 Å². The Hall–Kier alpha value is -1.78. The van der Waals surface area contributed by atoms with Crippen molar-refractivity contribution in [2.75, 3.05) is 74.0 Å². The summed E-state index contributed by atoms with van der Waals surface area (Å²) < 4.78 is 105. The average molecular weight is 1500 g/mol. The second kappa shape index (κ2) is 57.0. The summed E-state index contributed by atoms with van der Waals surface area (Å²) in [6, 6.07) is 34.2. The van der Waals surface area contributed by atoms with E-state index in [1.807, 2.05) is 102 Å². The fourth-order valence-electron chi connectivity index (χ4n) is 7.67. The van der Waals surface area contributed by atoms with Gasteiger partial charge in [-0.1, -0.05) is 119 Å². The monoisotopic (exact) mass is 1500 g/mol. The second-order valence-electron chi connectivity index (χ2n) is 17.4. The van der Waals surface area contributed by atoms with Gasteiger partial charge in [-0.2, -0.15) is 32.6 Å². The molecule has 0 unspecified atom stereocenters. The van der Waals surface area contributed by atoms with Crippen LogP contribution in [-0.2, 0) is 51.2 Å². The van der Waals surface area contributed by atoms with E-state index in [0.717, 1.165) is 74.6 Å². The van der Waals surface area contributed by atoms with Crippen molar-refractivity contribution in [1.82, 2.24) is 10.6 Å². The van der Waals surface area contributed by atoms with E-state index in [-0.39, 0.29) is 153 Å². The SMILES string of the molecule is CO.COc1ccc(/C=C/c2c(Cl)cccc2Cl)cc1CCCNC(=O)C(F)(F)F.COc1ccc(/C=C/c2c(Cl)cccc2SC)cc1CCCN.COc1ccc(/C=C/c2c(Cl)cccc2SC)cc1CCCNC(=O)C(F)(F)F.C[S-].O=CO[O-].[2H]CF.[H-].[K+].[K+].[Na+]. The maximum Gasteiger partial charge on any atom is 1.00 e. The molecule has 0 spiro atoms. The molecule has 6 aromatic rings. The number of methoxy groups -OCH3 is 3. The van der Waals surface area contributed by atoms with E-state index in [9.17, 15) is 40.3 Å². The largest absolute Gasteiger partial charge is 1.00 e. The molecule has 0 heterocycles. The van der Waals surface area contributed by atoms with Crippen LogP contribution in [0.1, 0.15) is 72.1 Å². The fraction of sp³-hybridized carbons (Fsp3) is 0.297. The number of halogens is 11. The van der Waals surface area contributed by atoms with Crippen LogP contribution in [0.4, 0.5) is 30.7 Å². The Bertz CT molecular complexity index is 3210. The van der Waals surface area contributed by atoms with Gasteiger partial charge >= 0.3 is 156 Å². The van der Waals surface area contributed by atoms with Gasteiger partial charge in [-0.15, -0.1) is 23.5 Å². The van der Waals surface area contributed by atoms with Crippen LogP contribution in [0.3, 0.4) is 0 Å². The van der Waals surface area contributed by atoms with Crippen LogP contribution in [0.25, 0.3) is 36.5 Å². The zero-order valence-corrected chi connectivity index (χ0v) is 66.9. The van der Waals surface area contributed by atoms with Gasteiger partial charge in [0.1, 0.15) is 17.2 Å². The first kappa shape index (κ1) is 95.4. The predicted molar refractivity (Wildman–Crippen MR) is 358 cm³/mol. The first-order chi connectivity index (χ1) is 43.5. The molecule has 29 heteroatoms. The number of nitrogens with one attached hydrogen (secondary N) is 2. The third kappa shape index (κ3) is 38.4. The quantitative estimate of drug-likeness (QED) is 0.00615. The molecule has 0 bridgehead atoms. The second-order valence-corrected chi connectivity index (χ2v) is 20.7. The number of aryl methyl sites for hydroxylation is 3. The predicted octanol–water partition coefficient (Wildman–Crippen LogP) is 6.68. The molecule has 0 aliphatic rings. The topological polar surface area (TPSA) is 182 Å². The molecule has 12 nitrogen and oxygen atoms in total. The van der Waals surface area contributed by atoms with Gasteiger partial charge in [0.2, 0.25) is 0 Å². The summed E-state index contributed by atoms with van der Waals surface area (Å²) in [6.45, 7) is 0.342. The van der Waals surface area contributed by atoms with Crippen molar-refractivity contribution in [2.45, 2.75) is 60.7 Å². The molecule has 0 atom stereocenters. The van der Waals surface area contributed by atoms with Crippen LogP contribution >= 0.6 is 69.9 Å². The number of aliphatic hydroxyl groups excluding tert-OH is 1. The first-order valence-corrected chi connectivity index (χ1v) is 31.3. The summed E-state index contributed by atoms with van der Waals surface area (Å²) in [5, 5.41) is 21.6. The summed E-state index contributed by atoms with van der Waals surface area (Å²) in [4.78, 5) is 35.2. The van der Waals surface area contributed by atoms with Crippen molar-refractivity contribution < 1.29 is 210 Å². The number of nitrogens with two attached hydrogens (primary N) is 1. The molecular weight excluding hydrogens is 1430 g/mol. The number of rotatable bonds is 23. The standard InChI is InChI=1S/C21H21ClF3NO2S.C20H18Cl2F3NO2.C19H22ClNOS.CH3F.CH2O3.CH4O.CH4S.2K.Na.H/c1-28-18-11-9-14(8-10-16-17(22)6-3-7-19(16)29-2)13-15(18)5-4-12-26-20(27)21(23,24)25;1-28-18-10-8-13(7-9-15-16(21)5-2-6-17(15)22)12-14(18)4-3-11-26-19(27)20(23,24)25;1-22-18-11-9-14(13-15(18)5-4-12-21)8-10-16-17(20)6-3-7-19(16)23-2;1-2;2-1-4-3;2*1-2;;;;/h3,6-11,13H,4-5,12H2,1-2H3,(H,26,27);2,5-10,12H,3-4,11H2,1H3,(H,26,27);3,6-11,13H,4-5,12,21H2,1-2H3;1H3;1,3H;2*2H,1H3;;;;/q;;;;;;;3*+1;-1/p-2/b10-8+;9-7+;10-8+;;;;;;;;/i;;;1D;;;;;;;. The maximum atomic E-state index is 12.2. The first-order valence-electron chi connectivity index (χ1n) is 27.2. The van der Waals surface area contributed by atoms with Crippen LogP contribution in [-0.4, -0.2) is 110 Å². The van der Waals surface area contributed by atoms with Crippen LogP contribution in [0.15, 0.2) is 119 Å². The van der Waals surface area contributed by atoms with Crippen molar-refractivity contribution in [2.24, 2.45) is 5.73 Å². The number of thioether (sulfide) groups is 2. The van der Waals surface area contributed by atoms with E-state index >= 15 is 0 Å². The van der Waals surface area contributed by atoms with E-state index in [1.54, 1.807) is 67.2 Å². The fourth-order valence-corrected chi connectivity index (χ4v) is 10.0. The van der Waals surface area contributed by atoms with Gasteiger partial charge in [0.25, 0.3) is 6.47 Å². The average Bonchev–Trinajstić information content (AvgIpc) is 0.907. The van der Waals surface area contributed by atoms with Crippen LogP contribution in [0, 0.1) is 0 Å². The summed E-state index contributed by atoms with van der Waals surface area (Å²) in [6.07, 6.45) is 11.0. The molecule has 5 N–H and O–H groups in total. The van der Waals surface area contributed by atoms with E-state index in [0.29, 0.717) is 64.4 Å². The van der Waals surface area contributed by atoms with Gasteiger partial charge in [-0.05, 0) is 164 Å². The third-order valence-electron chi connectivity index (χ3n) is 11.7. The van der Waals surface area contributed by atoms with Gasteiger partial charge < -0.3 is 59.9 Å². The van der Waals surface area contributed by atoms with Crippen LogP contribution in [0.5, 0.6) is 17.2 Å². The number of ether oxygens (including phenoxy) is 3. The number of hydrogen-bond donors (Lipinski definition) is 4. The van der Waals surface area contributed by atoms with Gasteiger partial charge in [0, 0.05) is 66.8 Å². The molecule has 2 amide bonds. The van der Waals surface area contributed by atoms with Crippen LogP contribution in [0.2, 0.25) is 20.1 Å². The smallest absolute Gasteiger partial charge is 1.00 e. The third-order valence-corrected chi connectivity index (χ3v) is 14.6. The molecule has 0 saturated heterocycles. The van der Waals surface area contributed by atoms with Crippen molar-refractivity contribution >= 4 is 137 Å². The van der Waals surface area contributed by atoms with Crippen LogP contribution < -0.4 is 168 Å². The molecule has 496 valence electrons. The molecule has 0 saturated carbocycles. The van der Waals surface area contributed by atoms with E-state index in [4.69, 9.17) is 82.9 Å². The van der Waals surface area contributed by atoms with Crippen molar-refractivity contribution in [1.29, 1.82) is 0 Å². The van der Waals surface area contributed by atoms with E-state index in [2.05, 4.69) is 54.1 Å². The van der Waals surface area contributed by atoms with Crippen molar-refractivity contribution in [3.63, 3.8) is 0 Å². The number of aliphatic hydroxyl groups is 1. The number of alkyl halides is 7. The normalized spacial score (nSPS) is 10.5. The molecule has 0 aliphatic heterocycles. The Labute approximate surface area is 685 Å². The molecule has 93 heavy (non-hydrogen) atoms. The minimum atomic E-state index is -4.87. The number of hydrogen-bond acceptors (Lipinski definition) is 13. The van der Waals surface area contributed by atoms with Crippen molar-refractivity contribution in [3.8, 4) is 17.2 Å². The Balaban J connectivity index is -0.000000389. The summed E-state index contributed by atoms with van der Waals surface area (Å²) in [5.74, 6) is -1.68. The van der Waals surface area contributed by atoms with Crippen molar-refractivity contribution in [3.05, 3.63) is 179 Å². The number of benzene rings is 6. The minimum absolute atomic E-state index is 0. The Morgan fingerprint density at radius 2 is 0.871 bits per heavy atom. The zero-order valence-electron chi connectivity index (χ0n) is 55.2. The molecule has 0 aromatic heterocycles. The summed E-state index contributed by atoms with van der Waals surface area (Å²) in [7, 11) is 4.75. The molecule has 0 aliphatic carbocycles. The van der Waals surface area contributed by atoms with Gasteiger partial charge in [0.05, 0.1) is 29.9 Å². The van der Waals surface area contributed by atoms with E-state index in [1.165, 1.54) is 24.7 Å². The molecule has 6 aromatic carbocycles. The Morgan fingerprint density at radius 3 is 1.14 bits per heavy atom. The zero-order chi connectivity index (χ0) is 69.0. The Morgan fingerprint density at radius 1 is 0.591 bits per heavy atom. The maximum absolute atomic E-state index is 12.2. The summed E-state index contributed by atoms with van der Waals surface area (Å²) in [5.41, 5.74) is 14.0. The van der Waals surface area contributed by atoms with Gasteiger partial charge in [-0.25, -0.2) is 0 Å². The van der Waals surface area contributed by atoms with Gasteiger partial charge in [-0.3, -0.25) is 18.8 Å². The minimum Gasteiger partial charge on any atom is -1.00 e.